The van der Waals surface area contributed by atoms with Crippen LogP contribution in [0.25, 0.3) is 11.4 Å². The minimum atomic E-state index is -1.33. The van der Waals surface area contributed by atoms with Crippen LogP contribution in [-0.2, 0) is 9.59 Å². The third-order valence-electron chi connectivity index (χ3n) is 8.79. The van der Waals surface area contributed by atoms with Crippen LogP contribution in [0.2, 0.25) is 5.02 Å². The van der Waals surface area contributed by atoms with Gasteiger partial charge in [0, 0.05) is 35.1 Å². The number of nitro groups is 1. The number of carbonyl (C=O) groups is 4. The van der Waals surface area contributed by atoms with Gasteiger partial charge in [-0.1, -0.05) is 41.0 Å². The van der Waals surface area contributed by atoms with Gasteiger partial charge in [-0.25, -0.2) is 9.91 Å². The number of pyridine rings is 1. The highest BCUT2D eigenvalue weighted by Crippen LogP contribution is 2.58. The molecule has 0 spiro atoms. The molecule has 4 unspecified atom stereocenters. The summed E-state index contributed by atoms with van der Waals surface area (Å²) in [5.41, 5.74) is 0.925. The molecular formula is C33H20ClN7O7. The number of halogens is 1. The van der Waals surface area contributed by atoms with Gasteiger partial charge < -0.3 is 4.52 Å². The lowest BCUT2D eigenvalue weighted by atomic mass is 9.86. The van der Waals surface area contributed by atoms with Crippen LogP contribution in [0.5, 0.6) is 0 Å². The summed E-state index contributed by atoms with van der Waals surface area (Å²) in [5, 5.41) is 18.6. The van der Waals surface area contributed by atoms with E-state index in [1.54, 1.807) is 30.3 Å². The van der Waals surface area contributed by atoms with Gasteiger partial charge >= 0.3 is 0 Å². The Morgan fingerprint density at radius 2 is 1.44 bits per heavy atom. The Balaban J connectivity index is 1.36. The summed E-state index contributed by atoms with van der Waals surface area (Å²) in [7, 11) is 0. The number of aromatic nitrogens is 3. The largest absolute Gasteiger partial charge is 0.337 e. The van der Waals surface area contributed by atoms with Crippen LogP contribution in [0.3, 0.4) is 0 Å². The van der Waals surface area contributed by atoms with E-state index in [-0.39, 0.29) is 39.8 Å². The number of rotatable bonds is 6. The molecule has 8 rings (SSSR count). The number of imide groups is 2. The number of hydrazine groups is 1. The molecule has 2 saturated heterocycles. The Morgan fingerprint density at radius 3 is 2.08 bits per heavy atom. The first kappa shape index (κ1) is 29.3. The van der Waals surface area contributed by atoms with Gasteiger partial charge in [0.15, 0.2) is 0 Å². The zero-order valence-corrected chi connectivity index (χ0v) is 25.2. The van der Waals surface area contributed by atoms with E-state index in [9.17, 15) is 29.3 Å². The zero-order valence-electron chi connectivity index (χ0n) is 24.4. The molecular weight excluding hydrogens is 642 g/mol. The molecule has 0 radical (unpaired) electrons. The number of amides is 4. The van der Waals surface area contributed by atoms with E-state index in [1.165, 1.54) is 72.0 Å². The van der Waals surface area contributed by atoms with Gasteiger partial charge in [-0.2, -0.15) is 9.99 Å². The number of fused-ring (bicyclic) bond motifs is 2. The summed E-state index contributed by atoms with van der Waals surface area (Å²) in [6, 6.07) is 18.5. The van der Waals surface area contributed by atoms with Gasteiger partial charge in [-0.15, -0.1) is 0 Å². The molecule has 2 fully saturated rings. The molecule has 5 aromatic rings. The van der Waals surface area contributed by atoms with Crippen LogP contribution in [0.15, 0.2) is 102 Å². The number of non-ortho nitro benzene ring substituents is 1. The van der Waals surface area contributed by atoms with Crippen LogP contribution >= 0.6 is 11.6 Å². The lowest BCUT2D eigenvalue weighted by Gasteiger charge is -2.36. The quantitative estimate of drug-likeness (QED) is 0.139. The summed E-state index contributed by atoms with van der Waals surface area (Å²) in [6.45, 7) is 0. The maximum atomic E-state index is 14.5. The van der Waals surface area contributed by atoms with Crippen molar-refractivity contribution in [2.45, 2.75) is 12.1 Å². The molecule has 236 valence electrons. The highest BCUT2D eigenvalue weighted by molar-refractivity contribution is 6.31. The van der Waals surface area contributed by atoms with Crippen LogP contribution in [0, 0.1) is 22.0 Å². The van der Waals surface area contributed by atoms with Crippen molar-refractivity contribution in [3.63, 3.8) is 0 Å². The fourth-order valence-corrected chi connectivity index (χ4v) is 6.91. The predicted molar refractivity (Wildman–Crippen MR) is 166 cm³/mol. The van der Waals surface area contributed by atoms with E-state index < -0.39 is 52.5 Å². The van der Waals surface area contributed by atoms with E-state index in [2.05, 4.69) is 15.1 Å². The molecule has 0 bridgehead atoms. The zero-order chi connectivity index (χ0) is 33.3. The lowest BCUT2D eigenvalue weighted by Crippen LogP contribution is -2.50. The monoisotopic (exact) mass is 661 g/mol. The van der Waals surface area contributed by atoms with Crippen LogP contribution < -0.4 is 4.90 Å². The Labute approximate surface area is 275 Å². The van der Waals surface area contributed by atoms with Crippen molar-refractivity contribution in [3.05, 3.63) is 135 Å². The molecule has 3 aliphatic rings. The van der Waals surface area contributed by atoms with Gasteiger partial charge in [0.2, 0.25) is 23.5 Å². The normalized spacial score (nSPS) is 22.0. The maximum absolute atomic E-state index is 14.5. The van der Waals surface area contributed by atoms with Gasteiger partial charge in [-0.3, -0.25) is 34.3 Å². The number of anilines is 1. The van der Waals surface area contributed by atoms with E-state index in [0.717, 1.165) is 9.91 Å². The second-order valence-corrected chi connectivity index (χ2v) is 11.8. The lowest BCUT2D eigenvalue weighted by molar-refractivity contribution is -0.385. The van der Waals surface area contributed by atoms with E-state index >= 15 is 0 Å². The standard InChI is InChI=1S/C33H20ClN7O7/c34-19-8-10-20(11-9-19)38-32(44)24-25(33(38)45)27(29-36-28(37-48-29)17-12-14-35-15-13-17)39(26(24)18-4-3-5-21(16-18)41(46)47)40-30(42)22-6-1-2-7-23(22)31(40)43/h1-16,24-27H. The van der Waals surface area contributed by atoms with E-state index in [1.807, 2.05) is 0 Å². The summed E-state index contributed by atoms with van der Waals surface area (Å²) in [4.78, 5) is 77.9. The van der Waals surface area contributed by atoms with Gasteiger partial charge in [0.1, 0.15) is 6.04 Å². The number of nitrogens with zero attached hydrogens (tertiary/aromatic N) is 7. The first-order chi connectivity index (χ1) is 23.2. The number of nitro benzene ring substituents is 1. The maximum Gasteiger partial charge on any atom is 0.276 e. The first-order valence-corrected chi connectivity index (χ1v) is 15.0. The van der Waals surface area contributed by atoms with Crippen molar-refractivity contribution in [1.82, 2.24) is 25.1 Å². The summed E-state index contributed by atoms with van der Waals surface area (Å²) in [5.74, 6) is -5.26. The van der Waals surface area contributed by atoms with Crippen molar-refractivity contribution in [2.75, 3.05) is 4.90 Å². The average molecular weight is 662 g/mol. The van der Waals surface area contributed by atoms with Crippen LogP contribution in [-0.4, -0.2) is 53.7 Å². The highest BCUT2D eigenvalue weighted by atomic mass is 35.5. The Kier molecular flexibility index (Phi) is 6.71. The highest BCUT2D eigenvalue weighted by Gasteiger charge is 2.67. The molecule has 3 aromatic carbocycles. The summed E-state index contributed by atoms with van der Waals surface area (Å²) < 4.78 is 5.75. The number of hydrogen-bond acceptors (Lipinski definition) is 11. The molecule has 5 heterocycles. The van der Waals surface area contributed by atoms with Gasteiger partial charge in [0.25, 0.3) is 17.5 Å². The molecule has 15 heteroatoms. The number of benzene rings is 3. The Hall–Kier alpha value is -6.12. The number of carbonyl (C=O) groups excluding carboxylic acids is 4. The molecule has 14 nitrogen and oxygen atoms in total. The third kappa shape index (κ3) is 4.34. The fourth-order valence-electron chi connectivity index (χ4n) is 6.78. The van der Waals surface area contributed by atoms with Gasteiger partial charge in [0.05, 0.1) is 39.6 Å². The summed E-state index contributed by atoms with van der Waals surface area (Å²) in [6.07, 6.45) is 3.06. The molecule has 4 amide bonds. The Bertz CT molecular complexity index is 2140. The smallest absolute Gasteiger partial charge is 0.276 e. The van der Waals surface area contributed by atoms with Crippen molar-refractivity contribution in [2.24, 2.45) is 11.8 Å². The van der Waals surface area contributed by atoms with E-state index in [4.69, 9.17) is 16.1 Å². The second kappa shape index (κ2) is 11.0. The van der Waals surface area contributed by atoms with Crippen molar-refractivity contribution in [3.8, 4) is 11.4 Å². The third-order valence-corrected chi connectivity index (χ3v) is 9.04. The fraction of sp³-hybridized carbons (Fsp3) is 0.121. The van der Waals surface area contributed by atoms with Crippen LogP contribution in [0.1, 0.15) is 44.3 Å². The minimum absolute atomic E-state index is 0.111. The average Bonchev–Trinajstić information content (AvgIpc) is 3.84. The molecule has 0 saturated carbocycles. The Morgan fingerprint density at radius 1 is 0.792 bits per heavy atom. The summed E-state index contributed by atoms with van der Waals surface area (Å²) >= 11 is 6.09. The SMILES string of the molecule is O=C1C2C(C(=O)N1c1ccc(Cl)cc1)C(c1nc(-c3ccncc3)no1)N(N1C(=O)c3ccccc3C1=O)C2c1cccc([N+](=O)[O-])c1. The van der Waals surface area contributed by atoms with Crippen molar-refractivity contribution >= 4 is 46.6 Å². The molecule has 2 aromatic heterocycles. The molecule has 4 atom stereocenters. The van der Waals surface area contributed by atoms with Crippen LogP contribution in [0.4, 0.5) is 11.4 Å². The van der Waals surface area contributed by atoms with Crippen molar-refractivity contribution in [1.29, 1.82) is 0 Å². The first-order valence-electron chi connectivity index (χ1n) is 14.6. The molecule has 3 aliphatic heterocycles. The number of hydrogen-bond donors (Lipinski definition) is 0. The topological polar surface area (TPSA) is 173 Å². The molecule has 48 heavy (non-hydrogen) atoms. The van der Waals surface area contributed by atoms with Gasteiger partial charge in [-0.05, 0) is 54.1 Å². The molecule has 0 N–H and O–H groups in total. The van der Waals surface area contributed by atoms with Crippen molar-refractivity contribution < 1.29 is 28.6 Å². The molecule has 0 aliphatic carbocycles. The predicted octanol–water partition coefficient (Wildman–Crippen LogP) is 4.81. The second-order valence-electron chi connectivity index (χ2n) is 11.3. The minimum Gasteiger partial charge on any atom is -0.337 e. The van der Waals surface area contributed by atoms with E-state index in [0.29, 0.717) is 10.6 Å².